The van der Waals surface area contributed by atoms with Gasteiger partial charge in [-0.1, -0.05) is 23.9 Å². The summed E-state index contributed by atoms with van der Waals surface area (Å²) in [5.41, 5.74) is 6.06. The Hall–Kier alpha value is -1.14. The number of rotatable bonds is 5. The number of alkyl halides is 2. The van der Waals surface area contributed by atoms with Crippen molar-refractivity contribution in [3.8, 4) is 0 Å². The molecule has 1 atom stereocenters. The summed E-state index contributed by atoms with van der Waals surface area (Å²) in [6.07, 6.45) is 0.189. The topological polar surface area (TPSA) is 63.3 Å². The minimum atomic E-state index is -2.45. The number of benzene rings is 1. The van der Waals surface area contributed by atoms with E-state index in [9.17, 15) is 13.6 Å². The molecule has 0 fully saturated rings. The molecule has 1 rings (SSSR count). The van der Waals surface area contributed by atoms with E-state index in [0.717, 1.165) is 0 Å². The highest BCUT2D eigenvalue weighted by molar-refractivity contribution is 7.99. The number of carbonyl (C=O) groups is 1. The van der Waals surface area contributed by atoms with Gasteiger partial charge in [-0.05, 0) is 24.1 Å². The maximum Gasteiger partial charge on any atom is 0.320 e. The van der Waals surface area contributed by atoms with Crippen LogP contribution in [0.25, 0.3) is 0 Å². The van der Waals surface area contributed by atoms with Crippen LogP contribution in [-0.4, -0.2) is 22.9 Å². The van der Waals surface area contributed by atoms with Crippen molar-refractivity contribution >= 4 is 17.7 Å². The molecule has 0 saturated heterocycles. The predicted octanol–water partition coefficient (Wildman–Crippen LogP) is 1.96. The Kier molecular flexibility index (Phi) is 4.70. The molecular weight excluding hydrogens is 236 g/mol. The van der Waals surface area contributed by atoms with Crippen LogP contribution in [0.5, 0.6) is 0 Å². The van der Waals surface area contributed by atoms with Crippen molar-refractivity contribution in [2.45, 2.75) is 23.1 Å². The highest BCUT2D eigenvalue weighted by atomic mass is 32.2. The summed E-state index contributed by atoms with van der Waals surface area (Å²) in [5.74, 6) is -3.53. The van der Waals surface area contributed by atoms with Crippen LogP contribution < -0.4 is 5.73 Å². The molecule has 3 N–H and O–H groups in total. The lowest BCUT2D eigenvalue weighted by Gasteiger charge is -2.07. The first-order chi connectivity index (χ1) is 7.49. The Morgan fingerprint density at radius 1 is 1.38 bits per heavy atom. The Morgan fingerprint density at radius 3 is 2.38 bits per heavy atom. The first kappa shape index (κ1) is 12.9. The number of carboxylic acid groups (broad SMARTS) is 1. The smallest absolute Gasteiger partial charge is 0.320 e. The molecular formula is C10H11F2NO2S. The molecule has 0 heterocycles. The number of nitrogens with two attached hydrogens (primary N) is 1. The van der Waals surface area contributed by atoms with Crippen molar-refractivity contribution in [3.63, 3.8) is 0 Å². The summed E-state index contributed by atoms with van der Waals surface area (Å²) in [6.45, 7) is 0. The van der Waals surface area contributed by atoms with E-state index in [-0.39, 0.29) is 6.42 Å². The van der Waals surface area contributed by atoms with E-state index in [4.69, 9.17) is 10.8 Å². The van der Waals surface area contributed by atoms with E-state index in [1.807, 2.05) is 0 Å². The highest BCUT2D eigenvalue weighted by Crippen LogP contribution is 2.25. The van der Waals surface area contributed by atoms with Gasteiger partial charge in [-0.25, -0.2) is 0 Å². The largest absolute Gasteiger partial charge is 0.480 e. The Morgan fingerprint density at radius 2 is 1.94 bits per heavy atom. The van der Waals surface area contributed by atoms with Crippen LogP contribution in [0, 0.1) is 0 Å². The summed E-state index contributed by atoms with van der Waals surface area (Å²) < 4.78 is 24.0. The fraction of sp³-hybridized carbons (Fsp3) is 0.300. The van der Waals surface area contributed by atoms with Crippen molar-refractivity contribution in [2.24, 2.45) is 5.73 Å². The Balaban J connectivity index is 2.61. The standard InChI is InChI=1S/C10H11F2NO2S/c11-10(12)16-7-3-1-6(2-4-7)5-8(13)9(14)15/h1-4,8,10H,5,13H2,(H,14,15)/t8-/m0/s1. The zero-order valence-electron chi connectivity index (χ0n) is 8.27. The van der Waals surface area contributed by atoms with Crippen molar-refractivity contribution in [2.75, 3.05) is 0 Å². The third-order valence-electron chi connectivity index (χ3n) is 1.92. The van der Waals surface area contributed by atoms with Crippen molar-refractivity contribution < 1.29 is 18.7 Å². The molecule has 6 heteroatoms. The number of aliphatic carboxylic acids is 1. The summed E-state index contributed by atoms with van der Waals surface area (Å²) in [5, 5.41) is 8.59. The Bertz CT molecular complexity index is 356. The van der Waals surface area contributed by atoms with E-state index in [1.54, 1.807) is 12.1 Å². The zero-order chi connectivity index (χ0) is 12.1. The zero-order valence-corrected chi connectivity index (χ0v) is 9.08. The second kappa shape index (κ2) is 5.81. The van der Waals surface area contributed by atoms with Gasteiger partial charge in [-0.15, -0.1) is 0 Å². The molecule has 0 spiro atoms. The quantitative estimate of drug-likeness (QED) is 0.781. The van der Waals surface area contributed by atoms with Gasteiger partial charge in [0, 0.05) is 4.90 Å². The van der Waals surface area contributed by atoms with Crippen LogP contribution in [0.15, 0.2) is 29.2 Å². The molecule has 0 aromatic heterocycles. The molecule has 3 nitrogen and oxygen atoms in total. The van der Waals surface area contributed by atoms with Crippen LogP contribution in [-0.2, 0) is 11.2 Å². The van der Waals surface area contributed by atoms with Crippen LogP contribution in [0.3, 0.4) is 0 Å². The maximum absolute atomic E-state index is 12.0. The van der Waals surface area contributed by atoms with Gasteiger partial charge in [0.05, 0.1) is 0 Å². The van der Waals surface area contributed by atoms with Crippen LogP contribution >= 0.6 is 11.8 Å². The fourth-order valence-electron chi connectivity index (χ4n) is 1.15. The van der Waals surface area contributed by atoms with Gasteiger partial charge >= 0.3 is 5.97 Å². The molecule has 0 aliphatic heterocycles. The summed E-state index contributed by atoms with van der Waals surface area (Å²) in [7, 11) is 0. The van der Waals surface area contributed by atoms with E-state index >= 15 is 0 Å². The van der Waals surface area contributed by atoms with Crippen molar-refractivity contribution in [1.82, 2.24) is 0 Å². The number of carboxylic acids is 1. The lowest BCUT2D eigenvalue weighted by atomic mass is 10.1. The molecule has 0 bridgehead atoms. The minimum Gasteiger partial charge on any atom is -0.480 e. The SMILES string of the molecule is N[C@@H](Cc1ccc(SC(F)F)cc1)C(=O)O. The molecule has 0 unspecified atom stereocenters. The highest BCUT2D eigenvalue weighted by Gasteiger charge is 2.12. The van der Waals surface area contributed by atoms with Crippen LogP contribution in [0.2, 0.25) is 0 Å². The van der Waals surface area contributed by atoms with E-state index < -0.39 is 17.8 Å². The van der Waals surface area contributed by atoms with Gasteiger partial charge in [-0.3, -0.25) is 4.79 Å². The van der Waals surface area contributed by atoms with Gasteiger partial charge in [0.2, 0.25) is 0 Å². The lowest BCUT2D eigenvalue weighted by Crippen LogP contribution is -2.32. The molecule has 0 radical (unpaired) electrons. The van der Waals surface area contributed by atoms with E-state index in [0.29, 0.717) is 22.2 Å². The molecule has 1 aromatic carbocycles. The second-order valence-electron chi connectivity index (χ2n) is 3.17. The molecule has 0 aliphatic carbocycles. The molecule has 0 saturated carbocycles. The fourth-order valence-corrected chi connectivity index (χ4v) is 1.65. The lowest BCUT2D eigenvalue weighted by molar-refractivity contribution is -0.138. The first-order valence-electron chi connectivity index (χ1n) is 4.51. The van der Waals surface area contributed by atoms with E-state index in [2.05, 4.69) is 0 Å². The van der Waals surface area contributed by atoms with Crippen molar-refractivity contribution in [1.29, 1.82) is 0 Å². The molecule has 88 valence electrons. The van der Waals surface area contributed by atoms with Gasteiger partial charge in [0.25, 0.3) is 5.76 Å². The van der Waals surface area contributed by atoms with E-state index in [1.165, 1.54) is 12.1 Å². The molecule has 16 heavy (non-hydrogen) atoms. The van der Waals surface area contributed by atoms with Gasteiger partial charge in [0.15, 0.2) is 0 Å². The third kappa shape index (κ3) is 4.16. The van der Waals surface area contributed by atoms with Gasteiger partial charge in [0.1, 0.15) is 6.04 Å². The van der Waals surface area contributed by atoms with Crippen LogP contribution in [0.1, 0.15) is 5.56 Å². The number of thioether (sulfide) groups is 1. The first-order valence-corrected chi connectivity index (χ1v) is 5.39. The van der Waals surface area contributed by atoms with Gasteiger partial charge < -0.3 is 10.8 Å². The second-order valence-corrected chi connectivity index (χ2v) is 4.23. The number of halogens is 2. The summed E-state index contributed by atoms with van der Waals surface area (Å²) in [4.78, 5) is 10.9. The predicted molar refractivity (Wildman–Crippen MR) is 57.6 cm³/mol. The number of hydrogen-bond donors (Lipinski definition) is 2. The van der Waals surface area contributed by atoms with Crippen LogP contribution in [0.4, 0.5) is 8.78 Å². The maximum atomic E-state index is 12.0. The minimum absolute atomic E-state index is 0.189. The molecule has 0 amide bonds. The van der Waals surface area contributed by atoms with Gasteiger partial charge in [-0.2, -0.15) is 8.78 Å². The monoisotopic (exact) mass is 247 g/mol. The normalized spacial score (nSPS) is 12.8. The Labute approximate surface area is 95.6 Å². The molecule has 1 aromatic rings. The van der Waals surface area contributed by atoms with Crippen molar-refractivity contribution in [3.05, 3.63) is 29.8 Å². The molecule has 0 aliphatic rings. The average molecular weight is 247 g/mol. The third-order valence-corrected chi connectivity index (χ3v) is 2.64. The summed E-state index contributed by atoms with van der Waals surface area (Å²) >= 11 is 0.451. The average Bonchev–Trinajstić information content (AvgIpc) is 2.20. The summed E-state index contributed by atoms with van der Waals surface area (Å²) in [6, 6.07) is 5.30. The number of hydrogen-bond acceptors (Lipinski definition) is 3.